The summed E-state index contributed by atoms with van der Waals surface area (Å²) in [6.07, 6.45) is 0. The van der Waals surface area contributed by atoms with Crippen LogP contribution in [0.25, 0.3) is 22.6 Å². The van der Waals surface area contributed by atoms with Crippen LogP contribution in [0.15, 0.2) is 33.9 Å². The number of aromatic nitrogens is 5. The van der Waals surface area contributed by atoms with Gasteiger partial charge in [-0.05, 0) is 37.4 Å². The summed E-state index contributed by atoms with van der Waals surface area (Å²) in [7, 11) is 2.96. The molecule has 0 saturated heterocycles. The Morgan fingerprint density at radius 3 is 2.32 bits per heavy atom. The van der Waals surface area contributed by atoms with Crippen molar-refractivity contribution in [1.82, 2.24) is 29.2 Å². The normalized spacial score (nSPS) is 11.3. The molecule has 3 rings (SSSR count). The Bertz CT molecular complexity index is 1080. The van der Waals surface area contributed by atoms with Crippen LogP contribution in [0.4, 0.5) is 5.69 Å². The summed E-state index contributed by atoms with van der Waals surface area (Å²) >= 11 is 0. The quantitative estimate of drug-likeness (QED) is 0.646. The minimum Gasteiger partial charge on any atom is -0.384 e. The van der Waals surface area contributed by atoms with E-state index >= 15 is 0 Å². The minimum absolute atomic E-state index is 0.121. The summed E-state index contributed by atoms with van der Waals surface area (Å²) in [6.45, 7) is 8.22. The highest BCUT2D eigenvalue weighted by Crippen LogP contribution is 2.18. The van der Waals surface area contributed by atoms with Gasteiger partial charge in [0.1, 0.15) is 0 Å². The van der Waals surface area contributed by atoms with E-state index in [4.69, 9.17) is 0 Å². The molecular weight excluding hydrogens is 358 g/mol. The maximum atomic E-state index is 12.4. The van der Waals surface area contributed by atoms with Crippen LogP contribution in [0.3, 0.4) is 0 Å². The Morgan fingerprint density at radius 2 is 1.68 bits per heavy atom. The molecule has 0 aliphatic rings. The third-order valence-corrected chi connectivity index (χ3v) is 4.86. The number of nitrogens with one attached hydrogen (secondary N) is 1. The first-order valence-electron chi connectivity index (χ1n) is 9.33. The van der Waals surface area contributed by atoms with Gasteiger partial charge in [-0.25, -0.2) is 9.78 Å². The number of fused-ring (bicyclic) bond motifs is 1. The molecule has 0 unspecified atom stereocenters. The fourth-order valence-electron chi connectivity index (χ4n) is 3.01. The molecule has 1 N–H and O–H groups in total. The van der Waals surface area contributed by atoms with Gasteiger partial charge in [-0.15, -0.1) is 10.2 Å². The predicted octanol–water partition coefficient (Wildman–Crippen LogP) is 0.843. The Kier molecular flexibility index (Phi) is 5.84. The second kappa shape index (κ2) is 8.30. The third kappa shape index (κ3) is 3.79. The average molecular weight is 383 g/mol. The summed E-state index contributed by atoms with van der Waals surface area (Å²) in [5.74, 6) is 0.345. The zero-order chi connectivity index (χ0) is 20.3. The van der Waals surface area contributed by atoms with Gasteiger partial charge in [0.25, 0.3) is 5.56 Å². The highest BCUT2D eigenvalue weighted by molar-refractivity contribution is 5.71. The molecule has 0 aliphatic heterocycles. The number of anilines is 1. The van der Waals surface area contributed by atoms with E-state index in [1.54, 1.807) is 7.05 Å². The number of benzene rings is 1. The van der Waals surface area contributed by atoms with Crippen molar-refractivity contribution < 1.29 is 0 Å². The van der Waals surface area contributed by atoms with E-state index in [2.05, 4.69) is 39.2 Å². The number of likely N-dealkylation sites (N-methyl/N-ethyl adjacent to an activating group) is 1. The van der Waals surface area contributed by atoms with Gasteiger partial charge in [-0.3, -0.25) is 13.9 Å². The van der Waals surface area contributed by atoms with Crippen LogP contribution in [0.2, 0.25) is 0 Å². The van der Waals surface area contributed by atoms with Crippen LogP contribution >= 0.6 is 0 Å². The zero-order valence-corrected chi connectivity index (χ0v) is 16.6. The first kappa shape index (κ1) is 19.7. The van der Waals surface area contributed by atoms with E-state index in [1.165, 1.54) is 11.6 Å². The number of aryl methyl sites for hydroxylation is 1. The van der Waals surface area contributed by atoms with Crippen LogP contribution in [0, 0.1) is 0 Å². The lowest BCUT2D eigenvalue weighted by molar-refractivity contribution is 0.316. The van der Waals surface area contributed by atoms with Gasteiger partial charge in [-0.2, -0.15) is 0 Å². The van der Waals surface area contributed by atoms with Crippen molar-refractivity contribution in [3.05, 3.63) is 45.1 Å². The highest BCUT2D eigenvalue weighted by Gasteiger charge is 2.13. The molecule has 0 fully saturated rings. The summed E-state index contributed by atoms with van der Waals surface area (Å²) in [5, 5.41) is 11.5. The fourth-order valence-corrected chi connectivity index (χ4v) is 3.01. The molecular formula is C19H25N7O2. The van der Waals surface area contributed by atoms with E-state index in [1.807, 2.05) is 24.3 Å². The molecule has 0 radical (unpaired) electrons. The predicted molar refractivity (Wildman–Crippen MR) is 110 cm³/mol. The molecule has 9 nitrogen and oxygen atoms in total. The SMILES string of the molecule is CCN(CC)CCNc1ccc(-c2nnc3c(n2)c(=O)n(C)c(=O)n3C)cc1. The van der Waals surface area contributed by atoms with Crippen LogP contribution in [0.1, 0.15) is 13.8 Å². The molecule has 28 heavy (non-hydrogen) atoms. The molecule has 0 spiro atoms. The van der Waals surface area contributed by atoms with Gasteiger partial charge in [-0.1, -0.05) is 13.8 Å². The standard InChI is InChI=1S/C19H25N7O2/c1-5-26(6-2)12-11-20-14-9-7-13(8-10-14)16-21-15-17(23-22-16)24(3)19(28)25(4)18(15)27/h7-10,20H,5-6,11-12H2,1-4H3. The van der Waals surface area contributed by atoms with Crippen molar-refractivity contribution >= 4 is 16.9 Å². The molecule has 148 valence electrons. The van der Waals surface area contributed by atoms with E-state index in [-0.39, 0.29) is 11.2 Å². The van der Waals surface area contributed by atoms with Crippen molar-refractivity contribution in [1.29, 1.82) is 0 Å². The van der Waals surface area contributed by atoms with Crippen LogP contribution < -0.4 is 16.6 Å². The summed E-state index contributed by atoms with van der Waals surface area (Å²) in [6, 6.07) is 7.66. The Morgan fingerprint density at radius 1 is 1.00 bits per heavy atom. The Hall–Kier alpha value is -3.07. The van der Waals surface area contributed by atoms with Crippen LogP contribution in [-0.4, -0.2) is 55.4 Å². The van der Waals surface area contributed by atoms with Crippen molar-refractivity contribution in [3.8, 4) is 11.4 Å². The number of nitrogens with zero attached hydrogens (tertiary/aromatic N) is 6. The lowest BCUT2D eigenvalue weighted by Crippen LogP contribution is -2.38. The lowest BCUT2D eigenvalue weighted by Gasteiger charge is -2.18. The summed E-state index contributed by atoms with van der Waals surface area (Å²) in [4.78, 5) is 31.1. The lowest BCUT2D eigenvalue weighted by atomic mass is 10.2. The van der Waals surface area contributed by atoms with Crippen molar-refractivity contribution in [3.63, 3.8) is 0 Å². The van der Waals surface area contributed by atoms with E-state index < -0.39 is 11.2 Å². The third-order valence-electron chi connectivity index (χ3n) is 4.86. The summed E-state index contributed by atoms with van der Waals surface area (Å²) < 4.78 is 2.28. The second-order valence-electron chi connectivity index (χ2n) is 6.54. The summed E-state index contributed by atoms with van der Waals surface area (Å²) in [5.41, 5.74) is 1.11. The van der Waals surface area contributed by atoms with Gasteiger partial charge >= 0.3 is 5.69 Å². The molecule has 9 heteroatoms. The van der Waals surface area contributed by atoms with Gasteiger partial charge in [0, 0.05) is 38.4 Å². The molecule has 0 bridgehead atoms. The van der Waals surface area contributed by atoms with Gasteiger partial charge in [0.05, 0.1) is 0 Å². The van der Waals surface area contributed by atoms with Gasteiger partial charge < -0.3 is 10.2 Å². The number of hydrogen-bond donors (Lipinski definition) is 1. The molecule has 0 saturated carbocycles. The van der Waals surface area contributed by atoms with Gasteiger partial charge in [0.2, 0.25) is 0 Å². The Balaban J connectivity index is 1.83. The van der Waals surface area contributed by atoms with E-state index in [0.717, 1.165) is 42.0 Å². The Labute approximate surface area is 162 Å². The zero-order valence-electron chi connectivity index (χ0n) is 16.6. The van der Waals surface area contributed by atoms with E-state index in [0.29, 0.717) is 5.82 Å². The highest BCUT2D eigenvalue weighted by atomic mass is 16.2. The van der Waals surface area contributed by atoms with Gasteiger partial charge in [0.15, 0.2) is 17.0 Å². The van der Waals surface area contributed by atoms with Crippen molar-refractivity contribution in [2.75, 3.05) is 31.5 Å². The first-order valence-corrected chi connectivity index (χ1v) is 9.33. The maximum absolute atomic E-state index is 12.4. The topological polar surface area (TPSA) is 97.9 Å². The molecule has 1 aromatic carbocycles. The minimum atomic E-state index is -0.482. The monoisotopic (exact) mass is 383 g/mol. The molecule has 2 aromatic heterocycles. The first-order chi connectivity index (χ1) is 13.5. The molecule has 0 atom stereocenters. The smallest absolute Gasteiger partial charge is 0.332 e. The number of hydrogen-bond acceptors (Lipinski definition) is 7. The van der Waals surface area contributed by atoms with E-state index in [9.17, 15) is 9.59 Å². The second-order valence-corrected chi connectivity index (χ2v) is 6.54. The van der Waals surface area contributed by atoms with Crippen LogP contribution in [0.5, 0.6) is 0 Å². The van der Waals surface area contributed by atoms with Crippen molar-refractivity contribution in [2.45, 2.75) is 13.8 Å². The molecule has 3 aromatic rings. The van der Waals surface area contributed by atoms with Crippen molar-refractivity contribution in [2.24, 2.45) is 14.1 Å². The largest absolute Gasteiger partial charge is 0.384 e. The maximum Gasteiger partial charge on any atom is 0.332 e. The average Bonchev–Trinajstić information content (AvgIpc) is 2.74. The number of rotatable bonds is 7. The molecule has 2 heterocycles. The van der Waals surface area contributed by atoms with Crippen LogP contribution in [-0.2, 0) is 14.1 Å². The molecule has 0 aliphatic carbocycles. The fraction of sp³-hybridized carbons (Fsp3) is 0.421. The molecule has 0 amide bonds.